The molecule has 176 valence electrons. The highest BCUT2D eigenvalue weighted by Gasteiger charge is 2.78. The molecule has 0 saturated carbocycles. The van der Waals surface area contributed by atoms with Crippen LogP contribution in [0.25, 0.3) is 0 Å². The molecule has 13 heteroatoms. The van der Waals surface area contributed by atoms with E-state index in [-0.39, 0.29) is 12.8 Å². The number of esters is 2. The van der Waals surface area contributed by atoms with Crippen molar-refractivity contribution in [2.45, 2.75) is 63.8 Å². The number of halogens is 6. The fourth-order valence-corrected chi connectivity index (χ4v) is 3.68. The number of rotatable bonds is 7. The molecule has 3 N–H and O–H groups in total. The molecule has 4 atom stereocenters. The van der Waals surface area contributed by atoms with Gasteiger partial charge in [0, 0.05) is 0 Å². The molecule has 1 rings (SSSR count). The summed E-state index contributed by atoms with van der Waals surface area (Å²) >= 11 is 0. The van der Waals surface area contributed by atoms with Gasteiger partial charge in [-0.2, -0.15) is 26.3 Å². The van der Waals surface area contributed by atoms with Crippen molar-refractivity contribution in [2.75, 3.05) is 13.2 Å². The molecule has 1 fully saturated rings. The van der Waals surface area contributed by atoms with Crippen LogP contribution in [0.2, 0.25) is 0 Å². The summed E-state index contributed by atoms with van der Waals surface area (Å²) in [6.07, 6.45) is -11.9. The van der Waals surface area contributed by atoms with E-state index >= 15 is 0 Å². The van der Waals surface area contributed by atoms with Crippen molar-refractivity contribution in [1.82, 2.24) is 5.32 Å². The summed E-state index contributed by atoms with van der Waals surface area (Å²) in [5.41, 5.74) is -9.05. The van der Waals surface area contributed by atoms with E-state index in [4.69, 9.17) is 0 Å². The van der Waals surface area contributed by atoms with Crippen LogP contribution in [-0.4, -0.2) is 59.2 Å². The van der Waals surface area contributed by atoms with Crippen LogP contribution >= 0.6 is 0 Å². The Morgan fingerprint density at radius 2 is 1.23 bits per heavy atom. The summed E-state index contributed by atoms with van der Waals surface area (Å²) in [6.45, 7) is 3.20. The van der Waals surface area contributed by atoms with Crippen molar-refractivity contribution in [2.24, 2.45) is 17.8 Å². The predicted molar refractivity (Wildman–Crippen MR) is 88.4 cm³/mol. The average molecular weight is 453 g/mol. The van der Waals surface area contributed by atoms with Crippen LogP contribution in [0.3, 0.4) is 0 Å². The van der Waals surface area contributed by atoms with Gasteiger partial charge >= 0.3 is 24.3 Å². The number of carbonyl (C=O) groups excluding carboxylic acids is 2. The number of ether oxygens (including phenoxy) is 2. The molecule has 0 bridgehead atoms. The lowest BCUT2D eigenvalue weighted by molar-refractivity contribution is -0.382. The number of unbranched alkanes of at least 4 members (excludes halogenated alkanes) is 1. The summed E-state index contributed by atoms with van der Waals surface area (Å²) in [6, 6.07) is 0. The monoisotopic (exact) mass is 453 g/mol. The number of piperidine rings is 1. The van der Waals surface area contributed by atoms with Crippen molar-refractivity contribution < 1.29 is 55.6 Å². The van der Waals surface area contributed by atoms with Gasteiger partial charge in [-0.05, 0) is 26.2 Å². The third kappa shape index (κ3) is 4.67. The van der Waals surface area contributed by atoms with Gasteiger partial charge < -0.3 is 19.7 Å². The Morgan fingerprint density at radius 1 is 0.867 bits per heavy atom. The topological polar surface area (TPSA) is 105 Å². The van der Waals surface area contributed by atoms with Crippen LogP contribution in [-0.2, 0) is 19.1 Å². The second-order valence-corrected chi connectivity index (χ2v) is 6.92. The van der Waals surface area contributed by atoms with Crippen LogP contribution in [0.15, 0.2) is 0 Å². The second kappa shape index (κ2) is 9.27. The highest BCUT2D eigenvalue weighted by atomic mass is 19.4. The third-order valence-corrected chi connectivity index (χ3v) is 4.97. The van der Waals surface area contributed by atoms with Crippen LogP contribution in [0, 0.1) is 17.8 Å². The minimum atomic E-state index is -5.84. The molecule has 0 aromatic carbocycles. The van der Waals surface area contributed by atoms with E-state index in [2.05, 4.69) is 9.47 Å². The summed E-state index contributed by atoms with van der Waals surface area (Å²) < 4.78 is 91.7. The van der Waals surface area contributed by atoms with E-state index < -0.39 is 73.1 Å². The Balaban J connectivity index is 3.83. The average Bonchev–Trinajstić information content (AvgIpc) is 2.57. The Labute approximate surface area is 168 Å². The lowest BCUT2D eigenvalue weighted by Crippen LogP contribution is -2.82. The quantitative estimate of drug-likeness (QED) is 0.401. The summed E-state index contributed by atoms with van der Waals surface area (Å²) in [7, 11) is 0. The summed E-state index contributed by atoms with van der Waals surface area (Å²) in [5.74, 6) is -10.8. The van der Waals surface area contributed by atoms with E-state index in [0.29, 0.717) is 0 Å². The van der Waals surface area contributed by atoms with Crippen molar-refractivity contribution >= 4 is 11.9 Å². The Hall–Kier alpha value is -1.60. The smallest absolute Gasteiger partial charge is 0.431 e. The maximum Gasteiger partial charge on any atom is 0.431 e. The van der Waals surface area contributed by atoms with Crippen LogP contribution in [0.5, 0.6) is 0 Å². The first kappa shape index (κ1) is 26.4. The van der Waals surface area contributed by atoms with Gasteiger partial charge in [-0.25, -0.2) is 5.32 Å². The van der Waals surface area contributed by atoms with Crippen LogP contribution < -0.4 is 5.32 Å². The molecule has 1 saturated heterocycles. The molecule has 7 nitrogen and oxygen atoms in total. The van der Waals surface area contributed by atoms with Crippen LogP contribution in [0.4, 0.5) is 26.3 Å². The molecular formula is C17H25F6NO6. The number of aliphatic hydroxyl groups is 2. The van der Waals surface area contributed by atoms with Crippen LogP contribution in [0.1, 0.15) is 40.0 Å². The van der Waals surface area contributed by atoms with Gasteiger partial charge in [0.05, 0.1) is 13.2 Å². The summed E-state index contributed by atoms with van der Waals surface area (Å²) in [5, 5.41) is 21.4. The predicted octanol–water partition coefficient (Wildman–Crippen LogP) is 2.26. The maximum absolute atomic E-state index is 13.8. The minimum Gasteiger partial charge on any atom is -0.466 e. The molecule has 0 aromatic rings. The van der Waals surface area contributed by atoms with Gasteiger partial charge in [-0.3, -0.25) is 9.59 Å². The standard InChI is InChI=1S/C17H25F6NO6/c1-4-7-8-9-10(12(25)29-5-2)14(27,16(18,19)20)24-15(28,17(21,22)23)11(9)13(26)30-6-3/h9-11,24,27-28H,4-8H2,1-3H3. The molecule has 0 spiro atoms. The zero-order valence-electron chi connectivity index (χ0n) is 16.6. The Kier molecular flexibility index (Phi) is 8.16. The summed E-state index contributed by atoms with van der Waals surface area (Å²) in [4.78, 5) is 24.8. The van der Waals surface area contributed by atoms with Gasteiger partial charge in [0.1, 0.15) is 11.8 Å². The molecule has 1 aliphatic rings. The number of hydrogen-bond acceptors (Lipinski definition) is 7. The molecule has 1 aliphatic heterocycles. The number of alkyl halides is 6. The lowest BCUT2D eigenvalue weighted by atomic mass is 9.65. The highest BCUT2D eigenvalue weighted by molar-refractivity contribution is 5.79. The zero-order chi connectivity index (χ0) is 23.5. The van der Waals surface area contributed by atoms with Gasteiger partial charge in [-0.1, -0.05) is 19.8 Å². The van der Waals surface area contributed by atoms with Gasteiger partial charge in [-0.15, -0.1) is 0 Å². The molecule has 30 heavy (non-hydrogen) atoms. The highest BCUT2D eigenvalue weighted by Crippen LogP contribution is 2.53. The number of carbonyl (C=O) groups is 2. The SMILES string of the molecule is CCCCC1C(C(=O)OCC)C(O)(C(F)(F)F)NC(O)(C(F)(F)F)C1C(=O)OCC. The third-order valence-electron chi connectivity index (χ3n) is 4.97. The van der Waals surface area contributed by atoms with Crippen molar-refractivity contribution in [3.63, 3.8) is 0 Å². The van der Waals surface area contributed by atoms with E-state index in [1.54, 1.807) is 6.92 Å². The van der Waals surface area contributed by atoms with E-state index in [1.807, 2.05) is 0 Å². The van der Waals surface area contributed by atoms with Crippen molar-refractivity contribution in [3.8, 4) is 0 Å². The normalized spacial score (nSPS) is 32.6. The van der Waals surface area contributed by atoms with Gasteiger partial charge in [0.2, 0.25) is 11.4 Å². The molecular weight excluding hydrogens is 428 g/mol. The Bertz CT molecular complexity index is 579. The first-order valence-electron chi connectivity index (χ1n) is 9.33. The van der Waals surface area contributed by atoms with Gasteiger partial charge in [0.15, 0.2) is 0 Å². The minimum absolute atomic E-state index is 0.00164. The number of nitrogens with one attached hydrogen (secondary N) is 1. The van der Waals surface area contributed by atoms with Crippen molar-refractivity contribution in [3.05, 3.63) is 0 Å². The number of hydrogen-bond donors (Lipinski definition) is 3. The second-order valence-electron chi connectivity index (χ2n) is 6.92. The molecule has 1 heterocycles. The lowest BCUT2D eigenvalue weighted by Gasteiger charge is -2.54. The van der Waals surface area contributed by atoms with Crippen molar-refractivity contribution in [1.29, 1.82) is 0 Å². The molecule has 0 radical (unpaired) electrons. The van der Waals surface area contributed by atoms with Gasteiger partial charge in [0.25, 0.3) is 0 Å². The maximum atomic E-state index is 13.8. The zero-order valence-corrected chi connectivity index (χ0v) is 16.6. The molecule has 0 amide bonds. The molecule has 4 unspecified atom stereocenters. The first-order chi connectivity index (χ1) is 13.6. The molecule has 0 aromatic heterocycles. The first-order valence-corrected chi connectivity index (χ1v) is 9.33. The molecule has 0 aliphatic carbocycles. The van der Waals surface area contributed by atoms with E-state index in [0.717, 1.165) is 5.32 Å². The Morgan fingerprint density at radius 3 is 1.50 bits per heavy atom. The van der Waals surface area contributed by atoms with E-state index in [1.165, 1.54) is 13.8 Å². The fourth-order valence-electron chi connectivity index (χ4n) is 3.68. The van der Waals surface area contributed by atoms with E-state index in [9.17, 15) is 46.1 Å². The fraction of sp³-hybridized carbons (Fsp3) is 0.882. The largest absolute Gasteiger partial charge is 0.466 e.